The van der Waals surface area contributed by atoms with Crippen LogP contribution in [0.2, 0.25) is 0 Å². The van der Waals surface area contributed by atoms with E-state index in [9.17, 15) is 4.79 Å². The summed E-state index contributed by atoms with van der Waals surface area (Å²) in [6.07, 6.45) is 4.14. The topological polar surface area (TPSA) is 29.5 Å². The first-order chi connectivity index (χ1) is 10.1. The zero-order valence-electron chi connectivity index (χ0n) is 13.5. The molecular weight excluding hydrogens is 262 g/mol. The fourth-order valence-corrected chi connectivity index (χ4v) is 3.19. The molecule has 1 atom stereocenters. The highest BCUT2D eigenvalue weighted by atomic mass is 16.5. The van der Waals surface area contributed by atoms with Crippen molar-refractivity contribution < 1.29 is 9.53 Å². The summed E-state index contributed by atoms with van der Waals surface area (Å²) in [6.45, 7) is 8.70. The molecule has 0 bridgehead atoms. The number of benzene rings is 1. The molecule has 0 N–H and O–H groups in total. The molecule has 2 rings (SSSR count). The lowest BCUT2D eigenvalue weighted by Crippen LogP contribution is -2.48. The summed E-state index contributed by atoms with van der Waals surface area (Å²) in [4.78, 5) is 14.5. The highest BCUT2D eigenvalue weighted by Gasteiger charge is 2.37. The van der Waals surface area contributed by atoms with Crippen LogP contribution in [0.3, 0.4) is 0 Å². The Bertz CT molecular complexity index is 463. The molecule has 0 radical (unpaired) electrons. The largest absolute Gasteiger partial charge is 0.466 e. The van der Waals surface area contributed by atoms with Gasteiger partial charge in [-0.15, -0.1) is 0 Å². The first-order valence-corrected chi connectivity index (χ1v) is 8.04. The van der Waals surface area contributed by atoms with Gasteiger partial charge in [-0.1, -0.05) is 36.2 Å². The van der Waals surface area contributed by atoms with Crippen LogP contribution in [0.25, 0.3) is 0 Å². The molecule has 1 heterocycles. The lowest BCUT2D eigenvalue weighted by Gasteiger charge is -2.43. The number of likely N-dealkylation sites (tertiary alicyclic amines) is 1. The number of hydrogen-bond acceptors (Lipinski definition) is 3. The van der Waals surface area contributed by atoms with Gasteiger partial charge in [-0.2, -0.15) is 0 Å². The second-order valence-corrected chi connectivity index (χ2v) is 6.17. The van der Waals surface area contributed by atoms with Gasteiger partial charge in [-0.25, -0.2) is 0 Å². The second-order valence-electron chi connectivity index (χ2n) is 6.17. The van der Waals surface area contributed by atoms with Crippen LogP contribution in [-0.4, -0.2) is 30.6 Å². The summed E-state index contributed by atoms with van der Waals surface area (Å²) in [5, 5.41) is 0. The molecule has 3 heteroatoms. The van der Waals surface area contributed by atoms with Crippen LogP contribution in [0.15, 0.2) is 24.3 Å². The normalized spacial score (nSPS) is 19.0. The summed E-state index contributed by atoms with van der Waals surface area (Å²) in [5.41, 5.74) is 2.19. The van der Waals surface area contributed by atoms with Gasteiger partial charge in [-0.05, 0) is 52.3 Å². The van der Waals surface area contributed by atoms with Crippen LogP contribution in [0.4, 0.5) is 0 Å². The average Bonchev–Trinajstić information content (AvgIpc) is 2.49. The number of carbonyl (C=O) groups is 1. The molecule has 1 aliphatic heterocycles. The summed E-state index contributed by atoms with van der Waals surface area (Å²) < 4.78 is 5.21. The molecule has 1 aliphatic rings. The Morgan fingerprint density at radius 3 is 2.38 bits per heavy atom. The summed E-state index contributed by atoms with van der Waals surface area (Å²) in [6, 6.07) is 8.57. The fourth-order valence-electron chi connectivity index (χ4n) is 3.19. The van der Waals surface area contributed by atoms with Gasteiger partial charge in [0.1, 0.15) is 0 Å². The molecule has 0 aliphatic carbocycles. The highest BCUT2D eigenvalue weighted by Crippen LogP contribution is 2.34. The lowest BCUT2D eigenvalue weighted by molar-refractivity contribution is -0.146. The third-order valence-electron chi connectivity index (χ3n) is 4.52. The Labute approximate surface area is 128 Å². The smallest absolute Gasteiger partial charge is 0.307 e. The SMILES string of the molecule is CCOC(=O)CC(C)(c1ccc(C)cc1)N1CCCCC1. The summed E-state index contributed by atoms with van der Waals surface area (Å²) in [5.74, 6) is -0.105. The quantitative estimate of drug-likeness (QED) is 0.775. The maximum atomic E-state index is 12.1. The highest BCUT2D eigenvalue weighted by molar-refractivity contribution is 5.71. The van der Waals surface area contributed by atoms with E-state index < -0.39 is 0 Å². The van der Waals surface area contributed by atoms with Crippen molar-refractivity contribution in [3.05, 3.63) is 35.4 Å². The minimum Gasteiger partial charge on any atom is -0.466 e. The van der Waals surface area contributed by atoms with Gasteiger partial charge >= 0.3 is 5.97 Å². The van der Waals surface area contributed by atoms with Gasteiger partial charge in [0, 0.05) is 0 Å². The predicted octanol–water partition coefficient (Wildman–Crippen LogP) is 3.65. The molecule has 3 nitrogen and oxygen atoms in total. The van der Waals surface area contributed by atoms with Crippen LogP contribution in [0.1, 0.15) is 50.7 Å². The van der Waals surface area contributed by atoms with E-state index in [4.69, 9.17) is 4.74 Å². The number of carbonyl (C=O) groups excluding carboxylic acids is 1. The summed E-state index contributed by atoms with van der Waals surface area (Å²) >= 11 is 0. The van der Waals surface area contributed by atoms with E-state index in [-0.39, 0.29) is 11.5 Å². The van der Waals surface area contributed by atoms with Crippen molar-refractivity contribution >= 4 is 5.97 Å². The third kappa shape index (κ3) is 3.85. The monoisotopic (exact) mass is 289 g/mol. The molecule has 0 amide bonds. The van der Waals surface area contributed by atoms with Crippen molar-refractivity contribution in [3.63, 3.8) is 0 Å². The zero-order chi connectivity index (χ0) is 15.3. The minimum absolute atomic E-state index is 0.105. The molecule has 1 aromatic rings. The predicted molar refractivity (Wildman–Crippen MR) is 85.2 cm³/mol. The number of esters is 1. The molecule has 0 saturated carbocycles. The zero-order valence-corrected chi connectivity index (χ0v) is 13.5. The molecule has 1 fully saturated rings. The van der Waals surface area contributed by atoms with Crippen molar-refractivity contribution in [2.45, 2.75) is 52.0 Å². The lowest BCUT2D eigenvalue weighted by atomic mass is 9.85. The van der Waals surface area contributed by atoms with Crippen LogP contribution >= 0.6 is 0 Å². The third-order valence-corrected chi connectivity index (χ3v) is 4.52. The first kappa shape index (κ1) is 16.0. The summed E-state index contributed by atoms with van der Waals surface area (Å²) in [7, 11) is 0. The Morgan fingerprint density at radius 1 is 1.19 bits per heavy atom. The molecule has 1 saturated heterocycles. The van der Waals surface area contributed by atoms with Crippen molar-refractivity contribution in [3.8, 4) is 0 Å². The van der Waals surface area contributed by atoms with E-state index in [1.165, 1.54) is 30.4 Å². The maximum Gasteiger partial charge on any atom is 0.307 e. The molecule has 1 aromatic carbocycles. The van der Waals surface area contributed by atoms with E-state index in [1.54, 1.807) is 0 Å². The van der Waals surface area contributed by atoms with Gasteiger partial charge in [0.2, 0.25) is 0 Å². The molecule has 116 valence electrons. The molecule has 0 aromatic heterocycles. The van der Waals surface area contributed by atoms with Crippen LogP contribution in [-0.2, 0) is 15.1 Å². The van der Waals surface area contributed by atoms with E-state index in [1.807, 2.05) is 6.92 Å². The Balaban J connectivity index is 2.27. The van der Waals surface area contributed by atoms with Crippen molar-refractivity contribution in [2.75, 3.05) is 19.7 Å². The van der Waals surface area contributed by atoms with E-state index in [0.717, 1.165) is 13.1 Å². The van der Waals surface area contributed by atoms with Crippen LogP contribution < -0.4 is 0 Å². The maximum absolute atomic E-state index is 12.1. The van der Waals surface area contributed by atoms with Crippen molar-refractivity contribution in [1.82, 2.24) is 4.90 Å². The number of ether oxygens (including phenoxy) is 1. The van der Waals surface area contributed by atoms with Gasteiger partial charge in [-0.3, -0.25) is 9.69 Å². The Kier molecular flexibility index (Phi) is 5.40. The number of hydrogen-bond donors (Lipinski definition) is 0. The molecular formula is C18H27NO2. The molecule has 0 spiro atoms. The fraction of sp³-hybridized carbons (Fsp3) is 0.611. The number of piperidine rings is 1. The van der Waals surface area contributed by atoms with Gasteiger partial charge in [0.25, 0.3) is 0 Å². The van der Waals surface area contributed by atoms with Crippen molar-refractivity contribution in [2.24, 2.45) is 0 Å². The Morgan fingerprint density at radius 2 is 1.81 bits per heavy atom. The molecule has 1 unspecified atom stereocenters. The van der Waals surface area contributed by atoms with E-state index in [2.05, 4.69) is 43.0 Å². The van der Waals surface area contributed by atoms with Crippen LogP contribution in [0.5, 0.6) is 0 Å². The molecule has 21 heavy (non-hydrogen) atoms. The van der Waals surface area contributed by atoms with Crippen molar-refractivity contribution in [1.29, 1.82) is 0 Å². The number of rotatable bonds is 5. The van der Waals surface area contributed by atoms with E-state index in [0.29, 0.717) is 13.0 Å². The first-order valence-electron chi connectivity index (χ1n) is 8.04. The minimum atomic E-state index is -0.264. The Hall–Kier alpha value is -1.35. The second kappa shape index (κ2) is 7.08. The van der Waals surface area contributed by atoms with E-state index >= 15 is 0 Å². The van der Waals surface area contributed by atoms with Crippen LogP contribution in [0, 0.1) is 6.92 Å². The van der Waals surface area contributed by atoms with Gasteiger partial charge in [0.05, 0.1) is 18.6 Å². The number of nitrogens with zero attached hydrogens (tertiary/aromatic N) is 1. The number of aryl methyl sites for hydroxylation is 1. The average molecular weight is 289 g/mol. The standard InChI is InChI=1S/C18H27NO2/c1-4-21-17(20)14-18(3,19-12-6-5-7-13-19)16-10-8-15(2)9-11-16/h8-11H,4-7,12-14H2,1-3H3. The van der Waals surface area contributed by atoms with Gasteiger partial charge < -0.3 is 4.74 Å². The van der Waals surface area contributed by atoms with Gasteiger partial charge in [0.15, 0.2) is 0 Å².